The van der Waals surface area contributed by atoms with Gasteiger partial charge in [-0.1, -0.05) is 30.7 Å². The third-order valence-corrected chi connectivity index (χ3v) is 3.90. The van der Waals surface area contributed by atoms with Gasteiger partial charge in [0.2, 0.25) is 0 Å². The molecule has 0 bridgehead atoms. The first-order valence-corrected chi connectivity index (χ1v) is 7.42. The van der Waals surface area contributed by atoms with E-state index >= 15 is 0 Å². The Kier molecular flexibility index (Phi) is 4.80. The average Bonchev–Trinajstić information content (AvgIpc) is 2.37. The first kappa shape index (κ1) is 13.6. The number of rotatable bonds is 4. The van der Waals surface area contributed by atoms with Crippen LogP contribution in [0.1, 0.15) is 18.4 Å². The fourth-order valence-corrected chi connectivity index (χ4v) is 2.65. The van der Waals surface area contributed by atoms with E-state index in [1.165, 1.54) is 4.90 Å². The standard InChI is InChI=1S/C13H13ClN2S2/c1-2-10-7-13(17)16-12(15-10)8-18-11-5-3-9(14)4-6-11/h3-7H,2,8H2,1H3,(H,15,16,17). The minimum Gasteiger partial charge on any atom is -0.346 e. The number of aryl methyl sites for hydroxylation is 1. The molecular weight excluding hydrogens is 284 g/mol. The molecule has 0 aliphatic rings. The number of nitrogens with one attached hydrogen (secondary N) is 1. The Labute approximate surface area is 121 Å². The number of halogens is 1. The van der Waals surface area contributed by atoms with Crippen molar-refractivity contribution in [3.8, 4) is 0 Å². The maximum Gasteiger partial charge on any atom is 0.130 e. The van der Waals surface area contributed by atoms with Crippen molar-refractivity contribution in [2.75, 3.05) is 0 Å². The van der Waals surface area contributed by atoms with Crippen molar-refractivity contribution < 1.29 is 0 Å². The second-order valence-corrected chi connectivity index (χ2v) is 5.69. The first-order chi connectivity index (χ1) is 8.67. The van der Waals surface area contributed by atoms with Gasteiger partial charge in [0.05, 0.1) is 5.75 Å². The Morgan fingerprint density at radius 1 is 1.33 bits per heavy atom. The highest BCUT2D eigenvalue weighted by atomic mass is 35.5. The van der Waals surface area contributed by atoms with Crippen molar-refractivity contribution in [3.05, 3.63) is 51.5 Å². The molecule has 0 radical (unpaired) electrons. The molecule has 0 fully saturated rings. The lowest BCUT2D eigenvalue weighted by Gasteiger charge is -2.04. The van der Waals surface area contributed by atoms with Gasteiger partial charge in [-0.2, -0.15) is 0 Å². The van der Waals surface area contributed by atoms with Gasteiger partial charge in [-0.15, -0.1) is 11.8 Å². The summed E-state index contributed by atoms with van der Waals surface area (Å²) in [6.07, 6.45) is 0.935. The van der Waals surface area contributed by atoms with Crippen molar-refractivity contribution in [2.45, 2.75) is 24.0 Å². The van der Waals surface area contributed by atoms with Crippen LogP contribution in [0.3, 0.4) is 0 Å². The van der Waals surface area contributed by atoms with Gasteiger partial charge < -0.3 is 4.98 Å². The predicted octanol–water partition coefficient (Wildman–Crippen LogP) is 4.65. The van der Waals surface area contributed by atoms with Crippen molar-refractivity contribution in [1.29, 1.82) is 0 Å². The van der Waals surface area contributed by atoms with E-state index < -0.39 is 0 Å². The zero-order valence-electron chi connectivity index (χ0n) is 9.94. The molecule has 0 aliphatic heterocycles. The lowest BCUT2D eigenvalue weighted by molar-refractivity contribution is 0.933. The number of H-pyrrole nitrogens is 1. The average molecular weight is 297 g/mol. The van der Waals surface area contributed by atoms with Gasteiger partial charge in [0.15, 0.2) is 0 Å². The van der Waals surface area contributed by atoms with Gasteiger partial charge in [0.25, 0.3) is 0 Å². The minimum absolute atomic E-state index is 0.650. The molecule has 0 saturated carbocycles. The summed E-state index contributed by atoms with van der Waals surface area (Å²) in [6, 6.07) is 9.70. The summed E-state index contributed by atoms with van der Waals surface area (Å²) in [5.74, 6) is 1.69. The van der Waals surface area contributed by atoms with E-state index in [1.807, 2.05) is 30.3 Å². The van der Waals surface area contributed by atoms with Crippen LogP contribution in [0.15, 0.2) is 35.2 Å². The summed E-state index contributed by atoms with van der Waals surface area (Å²) < 4.78 is 0.650. The largest absolute Gasteiger partial charge is 0.346 e. The van der Waals surface area contributed by atoms with Crippen LogP contribution in [-0.4, -0.2) is 9.97 Å². The van der Waals surface area contributed by atoms with E-state index in [-0.39, 0.29) is 0 Å². The minimum atomic E-state index is 0.650. The van der Waals surface area contributed by atoms with E-state index in [1.54, 1.807) is 11.8 Å². The van der Waals surface area contributed by atoms with E-state index in [4.69, 9.17) is 23.8 Å². The van der Waals surface area contributed by atoms with Crippen LogP contribution < -0.4 is 0 Å². The fourth-order valence-electron chi connectivity index (χ4n) is 1.51. The fraction of sp³-hybridized carbons (Fsp3) is 0.231. The van der Waals surface area contributed by atoms with Crippen molar-refractivity contribution >= 4 is 35.6 Å². The molecule has 18 heavy (non-hydrogen) atoms. The second-order valence-electron chi connectivity index (χ2n) is 3.79. The number of hydrogen-bond acceptors (Lipinski definition) is 3. The Morgan fingerprint density at radius 3 is 2.72 bits per heavy atom. The Hall–Kier alpha value is -0.840. The lowest BCUT2D eigenvalue weighted by atomic mass is 10.3. The number of thioether (sulfide) groups is 1. The third kappa shape index (κ3) is 3.83. The van der Waals surface area contributed by atoms with Gasteiger partial charge >= 0.3 is 0 Å². The molecule has 0 unspecified atom stereocenters. The third-order valence-electron chi connectivity index (χ3n) is 2.42. The number of aromatic nitrogens is 2. The van der Waals surface area contributed by atoms with Crippen LogP contribution in [0, 0.1) is 4.64 Å². The Bertz CT molecular complexity index is 578. The molecule has 94 valence electrons. The first-order valence-electron chi connectivity index (χ1n) is 5.65. The van der Waals surface area contributed by atoms with Crippen LogP contribution in [0.4, 0.5) is 0 Å². The summed E-state index contributed by atoms with van der Waals surface area (Å²) in [5.41, 5.74) is 1.13. The maximum atomic E-state index is 5.85. The number of aromatic amines is 1. The van der Waals surface area contributed by atoms with Gasteiger partial charge in [-0.3, -0.25) is 0 Å². The zero-order valence-corrected chi connectivity index (χ0v) is 12.3. The topological polar surface area (TPSA) is 28.7 Å². The molecule has 1 aromatic carbocycles. The van der Waals surface area contributed by atoms with Crippen LogP contribution in [0.25, 0.3) is 0 Å². The highest BCUT2D eigenvalue weighted by molar-refractivity contribution is 7.98. The highest BCUT2D eigenvalue weighted by Gasteiger charge is 2.00. The summed E-state index contributed by atoms with van der Waals surface area (Å²) >= 11 is 12.7. The number of hydrogen-bond donors (Lipinski definition) is 1. The number of benzene rings is 1. The summed E-state index contributed by atoms with van der Waals surface area (Å²) in [5, 5.41) is 0.755. The van der Waals surface area contributed by atoms with Crippen molar-refractivity contribution in [3.63, 3.8) is 0 Å². The molecule has 2 aromatic rings. The van der Waals surface area contributed by atoms with Gasteiger partial charge in [-0.25, -0.2) is 4.98 Å². The Balaban J connectivity index is 2.08. The molecule has 0 amide bonds. The molecule has 1 N–H and O–H groups in total. The van der Waals surface area contributed by atoms with Crippen molar-refractivity contribution in [2.24, 2.45) is 0 Å². The quantitative estimate of drug-likeness (QED) is 0.658. The Morgan fingerprint density at radius 2 is 2.06 bits per heavy atom. The monoisotopic (exact) mass is 296 g/mol. The molecule has 0 aliphatic carbocycles. The summed E-state index contributed by atoms with van der Waals surface area (Å²) in [4.78, 5) is 8.79. The summed E-state index contributed by atoms with van der Waals surface area (Å²) in [6.45, 7) is 2.09. The molecule has 1 aromatic heterocycles. The predicted molar refractivity (Wildman–Crippen MR) is 79.8 cm³/mol. The summed E-state index contributed by atoms with van der Waals surface area (Å²) in [7, 11) is 0. The zero-order chi connectivity index (χ0) is 13.0. The van der Waals surface area contributed by atoms with Gasteiger partial charge in [0, 0.05) is 15.6 Å². The molecule has 0 spiro atoms. The molecule has 2 nitrogen and oxygen atoms in total. The van der Waals surface area contributed by atoms with Crippen molar-refractivity contribution in [1.82, 2.24) is 9.97 Å². The van der Waals surface area contributed by atoms with E-state index in [2.05, 4.69) is 16.9 Å². The van der Waals surface area contributed by atoms with Gasteiger partial charge in [-0.05, 0) is 36.8 Å². The normalized spacial score (nSPS) is 10.6. The van der Waals surface area contributed by atoms with Gasteiger partial charge in [0.1, 0.15) is 10.5 Å². The second kappa shape index (κ2) is 6.36. The lowest BCUT2D eigenvalue weighted by Crippen LogP contribution is -1.97. The van der Waals surface area contributed by atoms with E-state index in [0.29, 0.717) is 4.64 Å². The number of nitrogens with zero attached hydrogens (tertiary/aromatic N) is 1. The maximum absolute atomic E-state index is 5.85. The molecule has 5 heteroatoms. The molecule has 1 heterocycles. The van der Waals surface area contributed by atoms with E-state index in [0.717, 1.165) is 28.7 Å². The van der Waals surface area contributed by atoms with Crippen LogP contribution >= 0.6 is 35.6 Å². The SMILES string of the molecule is CCc1cc(=S)nc(CSc2ccc(Cl)cc2)[nH]1. The molecule has 0 atom stereocenters. The van der Waals surface area contributed by atoms with E-state index in [9.17, 15) is 0 Å². The molecule has 2 rings (SSSR count). The smallest absolute Gasteiger partial charge is 0.130 e. The van der Waals surface area contributed by atoms with Crippen LogP contribution in [-0.2, 0) is 12.2 Å². The highest BCUT2D eigenvalue weighted by Crippen LogP contribution is 2.23. The molecule has 0 saturated heterocycles. The van der Waals surface area contributed by atoms with Crippen LogP contribution in [0.5, 0.6) is 0 Å². The molecular formula is C13H13ClN2S2. The van der Waals surface area contributed by atoms with Crippen LogP contribution in [0.2, 0.25) is 5.02 Å².